The zero-order chi connectivity index (χ0) is 17.8. The van der Waals surface area contributed by atoms with Crippen molar-refractivity contribution in [2.45, 2.75) is 26.4 Å². The molecule has 3 rings (SSSR count). The summed E-state index contributed by atoms with van der Waals surface area (Å²) in [6.07, 6.45) is 3.12. The lowest BCUT2D eigenvalue weighted by molar-refractivity contribution is -0.124. The third-order valence-corrected chi connectivity index (χ3v) is 4.39. The first kappa shape index (κ1) is 17.0. The molecule has 3 aromatic rings. The Balaban J connectivity index is 1.70. The normalized spacial score (nSPS) is 11.9. The molecule has 0 aliphatic heterocycles. The summed E-state index contributed by atoms with van der Waals surface area (Å²) in [5.41, 5.74) is 0.724. The summed E-state index contributed by atoms with van der Waals surface area (Å²) >= 11 is 1.27. The Morgan fingerprint density at radius 2 is 2.16 bits per heavy atom. The van der Waals surface area contributed by atoms with Gasteiger partial charge in [-0.2, -0.15) is 0 Å². The van der Waals surface area contributed by atoms with Crippen LogP contribution in [0.4, 0.5) is 5.82 Å². The maximum atomic E-state index is 12.5. The summed E-state index contributed by atoms with van der Waals surface area (Å²) in [6.45, 7) is 3.49. The highest BCUT2D eigenvalue weighted by atomic mass is 32.1. The predicted molar refractivity (Wildman–Crippen MR) is 93.0 cm³/mol. The minimum absolute atomic E-state index is 0.293. The van der Waals surface area contributed by atoms with Crippen LogP contribution in [0, 0.1) is 6.92 Å². The fraction of sp³-hybridized carbons (Fsp3) is 0.235. The summed E-state index contributed by atoms with van der Waals surface area (Å²) in [4.78, 5) is 25.3. The molecule has 0 bridgehead atoms. The van der Waals surface area contributed by atoms with E-state index in [1.54, 1.807) is 19.9 Å². The number of anilines is 1. The number of nitrogens with zero attached hydrogens (tertiary/aromatic N) is 2. The number of hydrogen-bond acceptors (Lipinski definition) is 6. The summed E-state index contributed by atoms with van der Waals surface area (Å²) in [5.74, 6) is -0.100. The third kappa shape index (κ3) is 3.80. The molecule has 0 fully saturated rings. The fourth-order valence-corrected chi connectivity index (χ4v) is 3.06. The standard InChI is InChI=1S/C17H17N3O4S/c1-3-13(16(21)18-14-10-11(2)24-19-14)23-17(22)15-12(6-9-25-15)20-7-4-5-8-20/h4-10,13H,3H2,1-2H3,(H,18,19,21)/t13-/m0/s1. The van der Waals surface area contributed by atoms with Crippen LogP contribution in [-0.2, 0) is 9.53 Å². The quantitative estimate of drug-likeness (QED) is 0.682. The Bertz CT molecular complexity index is 866. The highest BCUT2D eigenvalue weighted by Gasteiger charge is 2.25. The van der Waals surface area contributed by atoms with Crippen molar-refractivity contribution in [1.82, 2.24) is 9.72 Å². The number of hydrogen-bond donors (Lipinski definition) is 1. The van der Waals surface area contributed by atoms with Crippen molar-refractivity contribution in [3.05, 3.63) is 52.7 Å². The summed E-state index contributed by atoms with van der Waals surface area (Å²) in [5, 5.41) is 8.10. The van der Waals surface area contributed by atoms with Crippen LogP contribution in [0.2, 0.25) is 0 Å². The van der Waals surface area contributed by atoms with E-state index >= 15 is 0 Å². The van der Waals surface area contributed by atoms with Gasteiger partial charge < -0.3 is 19.1 Å². The van der Waals surface area contributed by atoms with Gasteiger partial charge in [-0.1, -0.05) is 12.1 Å². The molecule has 1 atom stereocenters. The minimum Gasteiger partial charge on any atom is -0.448 e. The second kappa shape index (κ2) is 7.35. The molecular weight excluding hydrogens is 342 g/mol. The van der Waals surface area contributed by atoms with Crippen molar-refractivity contribution in [1.29, 1.82) is 0 Å². The molecule has 0 aromatic carbocycles. The van der Waals surface area contributed by atoms with Crippen LogP contribution >= 0.6 is 11.3 Å². The van der Waals surface area contributed by atoms with Crippen molar-refractivity contribution in [2.75, 3.05) is 5.32 Å². The molecule has 130 valence electrons. The minimum atomic E-state index is -0.913. The van der Waals surface area contributed by atoms with E-state index < -0.39 is 18.0 Å². The van der Waals surface area contributed by atoms with E-state index in [9.17, 15) is 9.59 Å². The number of nitrogens with one attached hydrogen (secondary N) is 1. The van der Waals surface area contributed by atoms with Crippen LogP contribution in [0.25, 0.3) is 5.69 Å². The Labute approximate surface area is 148 Å². The first-order chi connectivity index (χ1) is 12.1. The van der Waals surface area contributed by atoms with E-state index in [-0.39, 0.29) is 0 Å². The zero-order valence-corrected chi connectivity index (χ0v) is 14.6. The van der Waals surface area contributed by atoms with E-state index in [1.165, 1.54) is 11.3 Å². The molecule has 0 saturated heterocycles. The average Bonchev–Trinajstić information content (AvgIpc) is 3.32. The van der Waals surface area contributed by atoms with Crippen LogP contribution in [0.5, 0.6) is 0 Å². The molecule has 0 saturated carbocycles. The molecule has 7 nitrogen and oxygen atoms in total. The number of thiophene rings is 1. The van der Waals surface area contributed by atoms with Gasteiger partial charge in [-0.15, -0.1) is 11.3 Å². The highest BCUT2D eigenvalue weighted by molar-refractivity contribution is 7.12. The van der Waals surface area contributed by atoms with Gasteiger partial charge in [-0.05, 0) is 36.9 Å². The third-order valence-electron chi connectivity index (χ3n) is 3.50. The molecular formula is C17H17N3O4S. The number of amides is 1. The summed E-state index contributed by atoms with van der Waals surface area (Å²) < 4.78 is 12.1. The second-order valence-electron chi connectivity index (χ2n) is 5.34. The van der Waals surface area contributed by atoms with Crippen LogP contribution in [-0.4, -0.2) is 27.7 Å². The van der Waals surface area contributed by atoms with Crippen molar-refractivity contribution in [3.63, 3.8) is 0 Å². The van der Waals surface area contributed by atoms with E-state index in [4.69, 9.17) is 9.26 Å². The molecule has 0 spiro atoms. The molecule has 0 radical (unpaired) electrons. The zero-order valence-electron chi connectivity index (χ0n) is 13.8. The lowest BCUT2D eigenvalue weighted by Gasteiger charge is -2.15. The summed E-state index contributed by atoms with van der Waals surface area (Å²) in [6, 6.07) is 7.17. The van der Waals surface area contributed by atoms with Gasteiger partial charge in [-0.3, -0.25) is 4.79 Å². The van der Waals surface area contributed by atoms with Crippen molar-refractivity contribution < 1.29 is 18.8 Å². The van der Waals surface area contributed by atoms with Crippen LogP contribution in [0.15, 0.2) is 46.6 Å². The van der Waals surface area contributed by atoms with Crippen LogP contribution in [0.3, 0.4) is 0 Å². The maximum Gasteiger partial charge on any atom is 0.351 e. The molecule has 25 heavy (non-hydrogen) atoms. The monoisotopic (exact) mass is 359 g/mol. The van der Waals surface area contributed by atoms with Crippen LogP contribution < -0.4 is 5.32 Å². The number of rotatable bonds is 6. The van der Waals surface area contributed by atoms with Gasteiger partial charge >= 0.3 is 5.97 Å². The van der Waals surface area contributed by atoms with E-state index in [1.807, 2.05) is 40.5 Å². The summed E-state index contributed by atoms with van der Waals surface area (Å²) in [7, 11) is 0. The van der Waals surface area contributed by atoms with Gasteiger partial charge in [0.2, 0.25) is 0 Å². The SMILES string of the molecule is CC[C@H](OC(=O)c1sccc1-n1cccc1)C(=O)Nc1cc(C)on1. The van der Waals surface area contributed by atoms with Gasteiger partial charge in [0.05, 0.1) is 5.69 Å². The van der Waals surface area contributed by atoms with E-state index in [2.05, 4.69) is 10.5 Å². The molecule has 0 aliphatic carbocycles. The topological polar surface area (TPSA) is 86.4 Å². The fourth-order valence-electron chi connectivity index (χ4n) is 2.29. The van der Waals surface area contributed by atoms with Gasteiger partial charge in [0.15, 0.2) is 11.9 Å². The second-order valence-corrected chi connectivity index (χ2v) is 6.26. The first-order valence-electron chi connectivity index (χ1n) is 7.74. The molecule has 1 amide bonds. The van der Waals surface area contributed by atoms with Crippen molar-refractivity contribution in [3.8, 4) is 5.69 Å². The lowest BCUT2D eigenvalue weighted by atomic mass is 10.2. The number of aryl methyl sites for hydroxylation is 1. The molecule has 1 N–H and O–H groups in total. The number of esters is 1. The van der Waals surface area contributed by atoms with Gasteiger partial charge in [0, 0.05) is 18.5 Å². The van der Waals surface area contributed by atoms with Crippen LogP contribution in [0.1, 0.15) is 28.8 Å². The number of carbonyl (C=O) groups is 2. The average molecular weight is 359 g/mol. The Morgan fingerprint density at radius 3 is 2.80 bits per heavy atom. The predicted octanol–water partition coefficient (Wildman–Crippen LogP) is 3.41. The van der Waals surface area contributed by atoms with Gasteiger partial charge in [0.25, 0.3) is 5.91 Å². The van der Waals surface area contributed by atoms with Crippen molar-refractivity contribution >= 4 is 29.0 Å². The van der Waals surface area contributed by atoms with Crippen molar-refractivity contribution in [2.24, 2.45) is 0 Å². The Morgan fingerprint density at radius 1 is 1.40 bits per heavy atom. The molecule has 3 heterocycles. The lowest BCUT2D eigenvalue weighted by Crippen LogP contribution is -2.32. The van der Waals surface area contributed by atoms with E-state index in [0.717, 1.165) is 5.69 Å². The molecule has 3 aromatic heterocycles. The van der Waals surface area contributed by atoms with E-state index in [0.29, 0.717) is 22.9 Å². The van der Waals surface area contributed by atoms with Gasteiger partial charge in [0.1, 0.15) is 10.6 Å². The smallest absolute Gasteiger partial charge is 0.351 e. The number of aromatic nitrogens is 2. The van der Waals surface area contributed by atoms with Gasteiger partial charge in [-0.25, -0.2) is 4.79 Å². The number of carbonyl (C=O) groups excluding carboxylic acids is 2. The molecule has 8 heteroatoms. The highest BCUT2D eigenvalue weighted by Crippen LogP contribution is 2.23. The largest absolute Gasteiger partial charge is 0.448 e. The Hall–Kier alpha value is -2.87. The first-order valence-corrected chi connectivity index (χ1v) is 8.62. The number of ether oxygens (including phenoxy) is 1. The maximum absolute atomic E-state index is 12.5. The molecule has 0 aliphatic rings. The Kier molecular flexibility index (Phi) is 4.99. The molecule has 0 unspecified atom stereocenters.